The number of allylic oxidation sites excluding steroid dienone is 3. The van der Waals surface area contributed by atoms with E-state index >= 15 is 4.39 Å². The molecule has 4 heterocycles. The monoisotopic (exact) mass is 540 g/mol. The zero-order valence-corrected chi connectivity index (χ0v) is 23.0. The molecule has 0 radical (unpaired) electrons. The minimum absolute atomic E-state index is 0.0209. The summed E-state index contributed by atoms with van der Waals surface area (Å²) in [7, 11) is 1.88. The Morgan fingerprint density at radius 1 is 1.26 bits per heavy atom. The summed E-state index contributed by atoms with van der Waals surface area (Å²) in [4.78, 5) is 38.6. The molecule has 5 rings (SSSR count). The molecular weight excluding hydrogens is 511 g/mol. The maximum absolute atomic E-state index is 15.2. The fraction of sp³-hybridized carbons (Fsp3) is 0.226. The van der Waals surface area contributed by atoms with Crippen molar-refractivity contribution >= 4 is 34.8 Å². The Balaban J connectivity index is 1.42. The molecule has 8 heteroatoms. The number of aldehydes is 1. The van der Waals surface area contributed by atoms with Crippen LogP contribution in [0.4, 0.5) is 4.39 Å². The van der Waals surface area contributed by atoms with Crippen LogP contribution in [0.25, 0.3) is 16.8 Å². The Kier molecular flexibility index (Phi) is 7.39. The van der Waals surface area contributed by atoms with Gasteiger partial charge in [0.25, 0.3) is 5.91 Å². The van der Waals surface area contributed by atoms with Crippen molar-refractivity contribution in [1.29, 1.82) is 0 Å². The van der Waals surface area contributed by atoms with Gasteiger partial charge in [-0.25, -0.2) is 9.38 Å². The number of amides is 1. The Labute approximate surface area is 231 Å². The molecule has 0 bridgehead atoms. The van der Waals surface area contributed by atoms with Crippen LogP contribution in [-0.4, -0.2) is 46.3 Å². The van der Waals surface area contributed by atoms with E-state index in [2.05, 4.69) is 29.9 Å². The van der Waals surface area contributed by atoms with E-state index in [9.17, 15) is 9.59 Å². The van der Waals surface area contributed by atoms with Gasteiger partial charge < -0.3 is 9.80 Å². The lowest BCUT2D eigenvalue weighted by molar-refractivity contribution is -0.126. The van der Waals surface area contributed by atoms with Crippen LogP contribution in [0.15, 0.2) is 83.2 Å². The van der Waals surface area contributed by atoms with Crippen molar-refractivity contribution in [2.45, 2.75) is 32.7 Å². The van der Waals surface area contributed by atoms with Gasteiger partial charge in [0.15, 0.2) is 6.29 Å². The van der Waals surface area contributed by atoms with E-state index in [-0.39, 0.29) is 11.9 Å². The van der Waals surface area contributed by atoms with Gasteiger partial charge in [-0.05, 0) is 72.7 Å². The number of benzene rings is 1. The minimum Gasteiger partial charge on any atom is -0.333 e. The number of hydrogen-bond donors (Lipinski definition) is 0. The third kappa shape index (κ3) is 5.12. The standard InChI is InChI=1S/C31H29FN4O2S/c1-5-23-16-28(31(38)36-12-10-29-25(20(36)3)11-13-39-29)34-30(35(23)4)14-19(2)24-8-7-22(15-26(24)32)27-9-6-21(18-37)17-33-27/h6-9,11,13-18,20H,2,5,10,12H2,1,3-4H3/b30-14-. The number of halogens is 1. The highest BCUT2D eigenvalue weighted by Gasteiger charge is 2.32. The predicted octanol–water partition coefficient (Wildman–Crippen LogP) is 6.44. The molecule has 2 aliphatic heterocycles. The average molecular weight is 541 g/mol. The zero-order valence-electron chi connectivity index (χ0n) is 22.1. The van der Waals surface area contributed by atoms with Crippen LogP contribution in [0.1, 0.15) is 52.7 Å². The molecule has 0 saturated heterocycles. The first-order valence-electron chi connectivity index (χ1n) is 12.8. The van der Waals surface area contributed by atoms with Gasteiger partial charge in [0.1, 0.15) is 17.3 Å². The van der Waals surface area contributed by atoms with E-state index in [0.717, 1.165) is 12.1 Å². The maximum Gasteiger partial charge on any atom is 0.273 e. The number of fused-ring (bicyclic) bond motifs is 1. The molecular formula is C31H29FN4O2S. The number of rotatable bonds is 6. The molecule has 0 aliphatic carbocycles. The molecule has 0 fully saturated rings. The number of thiophene rings is 1. The number of aromatic nitrogens is 1. The molecule has 2 aliphatic rings. The molecule has 0 spiro atoms. The van der Waals surface area contributed by atoms with Crippen molar-refractivity contribution in [1.82, 2.24) is 14.8 Å². The second-order valence-corrected chi connectivity index (χ2v) is 10.6. The normalized spacial score (nSPS) is 17.9. The smallest absolute Gasteiger partial charge is 0.273 e. The third-order valence-corrected chi connectivity index (χ3v) is 8.27. The van der Waals surface area contributed by atoms with Gasteiger partial charge in [-0.2, -0.15) is 0 Å². The summed E-state index contributed by atoms with van der Waals surface area (Å²) < 4.78 is 15.2. The zero-order chi connectivity index (χ0) is 27.7. The van der Waals surface area contributed by atoms with Gasteiger partial charge in [-0.15, -0.1) is 11.3 Å². The lowest BCUT2D eigenvalue weighted by atomic mass is 10.00. The van der Waals surface area contributed by atoms with Gasteiger partial charge in [-0.1, -0.05) is 25.6 Å². The molecule has 1 amide bonds. The van der Waals surface area contributed by atoms with Crippen LogP contribution in [-0.2, 0) is 11.2 Å². The van der Waals surface area contributed by atoms with E-state index in [1.807, 2.05) is 29.8 Å². The molecule has 0 N–H and O–H groups in total. The number of carbonyl (C=O) groups is 2. The van der Waals surface area contributed by atoms with Crippen LogP contribution in [0.5, 0.6) is 0 Å². The minimum atomic E-state index is -0.450. The summed E-state index contributed by atoms with van der Waals surface area (Å²) in [5.41, 5.74) is 4.89. The second kappa shape index (κ2) is 10.9. The summed E-state index contributed by atoms with van der Waals surface area (Å²) in [6, 6.07) is 10.2. The molecule has 198 valence electrons. The molecule has 0 saturated carbocycles. The summed E-state index contributed by atoms with van der Waals surface area (Å²) in [5.74, 6) is -0.0361. The lowest BCUT2D eigenvalue weighted by Crippen LogP contribution is -2.42. The van der Waals surface area contributed by atoms with Crippen molar-refractivity contribution in [3.8, 4) is 11.3 Å². The number of nitrogens with zero attached hydrogens (tertiary/aromatic N) is 4. The SMILES string of the molecule is C=C(/C=C1/N=C(C(=O)N2CCc3sccc3C2C)C=C(CC)N1C)c1ccc(-c2ccc(C=O)cn2)cc1F. The molecule has 3 aromatic rings. The topological polar surface area (TPSA) is 65.9 Å². The Morgan fingerprint density at radius 3 is 2.77 bits per heavy atom. The second-order valence-electron chi connectivity index (χ2n) is 9.59. The first kappa shape index (κ1) is 26.4. The lowest BCUT2D eigenvalue weighted by Gasteiger charge is -2.35. The average Bonchev–Trinajstić information content (AvgIpc) is 3.44. The fourth-order valence-electron chi connectivity index (χ4n) is 4.96. The summed E-state index contributed by atoms with van der Waals surface area (Å²) in [6.45, 7) is 8.83. The van der Waals surface area contributed by atoms with Crippen molar-refractivity contribution in [2.24, 2.45) is 4.99 Å². The molecule has 6 nitrogen and oxygen atoms in total. The highest BCUT2D eigenvalue weighted by molar-refractivity contribution is 7.10. The quantitative estimate of drug-likeness (QED) is 0.338. The van der Waals surface area contributed by atoms with Gasteiger partial charge >= 0.3 is 0 Å². The van der Waals surface area contributed by atoms with E-state index < -0.39 is 5.82 Å². The van der Waals surface area contributed by atoms with Gasteiger partial charge in [-0.3, -0.25) is 14.6 Å². The Hall–Kier alpha value is -4.17. The predicted molar refractivity (Wildman–Crippen MR) is 154 cm³/mol. The molecule has 1 unspecified atom stereocenters. The van der Waals surface area contributed by atoms with E-state index in [4.69, 9.17) is 4.99 Å². The Morgan fingerprint density at radius 2 is 2.08 bits per heavy atom. The molecule has 1 atom stereocenters. The highest BCUT2D eigenvalue weighted by Crippen LogP contribution is 2.34. The van der Waals surface area contributed by atoms with Gasteiger partial charge in [0.05, 0.1) is 11.7 Å². The molecule has 39 heavy (non-hydrogen) atoms. The highest BCUT2D eigenvalue weighted by atomic mass is 32.1. The van der Waals surface area contributed by atoms with E-state index in [1.165, 1.54) is 22.7 Å². The first-order chi connectivity index (χ1) is 18.8. The van der Waals surface area contributed by atoms with Crippen LogP contribution in [0.3, 0.4) is 0 Å². The maximum atomic E-state index is 15.2. The van der Waals surface area contributed by atoms with Crippen LogP contribution >= 0.6 is 11.3 Å². The van der Waals surface area contributed by atoms with Crippen molar-refractivity contribution < 1.29 is 14.0 Å². The molecule has 2 aromatic heterocycles. The largest absolute Gasteiger partial charge is 0.333 e. The third-order valence-electron chi connectivity index (χ3n) is 7.27. The van der Waals surface area contributed by atoms with Crippen LogP contribution < -0.4 is 0 Å². The summed E-state index contributed by atoms with van der Waals surface area (Å²) >= 11 is 1.74. The summed E-state index contributed by atoms with van der Waals surface area (Å²) in [5, 5.41) is 2.08. The number of aliphatic imine (C=N–C) groups is 1. The van der Waals surface area contributed by atoms with E-state index in [1.54, 1.807) is 41.7 Å². The summed E-state index contributed by atoms with van der Waals surface area (Å²) in [6.07, 6.45) is 7.27. The molecule has 1 aromatic carbocycles. The number of hydrogen-bond acceptors (Lipinski definition) is 6. The number of carbonyl (C=O) groups excluding carboxylic acids is 2. The Bertz CT molecular complexity index is 1550. The first-order valence-corrected chi connectivity index (χ1v) is 13.7. The van der Waals surface area contributed by atoms with Crippen molar-refractivity contribution in [2.75, 3.05) is 13.6 Å². The van der Waals surface area contributed by atoms with Gasteiger partial charge in [0.2, 0.25) is 0 Å². The van der Waals surface area contributed by atoms with Crippen molar-refractivity contribution in [3.05, 3.63) is 106 Å². The van der Waals surface area contributed by atoms with Gasteiger partial charge in [0, 0.05) is 47.1 Å². The van der Waals surface area contributed by atoms with Crippen LogP contribution in [0.2, 0.25) is 0 Å². The number of pyridine rings is 1. The van der Waals surface area contributed by atoms with Crippen molar-refractivity contribution in [3.63, 3.8) is 0 Å². The fourth-order valence-corrected chi connectivity index (χ4v) is 5.92. The van der Waals surface area contributed by atoms with E-state index in [0.29, 0.717) is 58.7 Å². The van der Waals surface area contributed by atoms with Crippen LogP contribution in [0, 0.1) is 5.82 Å².